The van der Waals surface area contributed by atoms with Crippen LogP contribution in [-0.4, -0.2) is 41.8 Å². The summed E-state index contributed by atoms with van der Waals surface area (Å²) in [6.07, 6.45) is 0. The van der Waals surface area contributed by atoms with Crippen LogP contribution in [0, 0.1) is 11.7 Å². The maximum atomic E-state index is 12.9. The molecule has 2 unspecified atom stereocenters. The topological polar surface area (TPSA) is 49.8 Å². The van der Waals surface area contributed by atoms with E-state index in [-0.39, 0.29) is 18.5 Å². The van der Waals surface area contributed by atoms with E-state index in [1.807, 2.05) is 6.92 Å². The minimum absolute atomic E-state index is 0.118. The molecule has 0 saturated carbocycles. The van der Waals surface area contributed by atoms with Crippen molar-refractivity contribution < 1.29 is 19.0 Å². The Morgan fingerprint density at radius 3 is 2.68 bits per heavy atom. The van der Waals surface area contributed by atoms with Gasteiger partial charge < -0.3 is 9.84 Å². The molecule has 2 rings (SSSR count). The Labute approximate surface area is 111 Å². The largest absolute Gasteiger partial charge is 0.481 e. The number of halogens is 1. The lowest BCUT2D eigenvalue weighted by Gasteiger charge is -2.29. The van der Waals surface area contributed by atoms with Gasteiger partial charge in [0.15, 0.2) is 0 Å². The number of carbonyl (C=O) groups is 1. The van der Waals surface area contributed by atoms with E-state index in [9.17, 15) is 14.3 Å². The lowest BCUT2D eigenvalue weighted by atomic mass is 10.0. The number of likely N-dealkylation sites (N-methyl/N-ethyl adjacent to an activating group) is 1. The smallest absolute Gasteiger partial charge is 0.310 e. The number of nitrogens with zero attached hydrogens (tertiary/aromatic N) is 1. The SMILES string of the molecule is CCN(Cc1ccc(F)cc1)C1COCC1C(=O)O. The first kappa shape index (κ1) is 14.0. The van der Waals surface area contributed by atoms with Gasteiger partial charge in [0, 0.05) is 12.6 Å². The van der Waals surface area contributed by atoms with Crippen LogP contribution >= 0.6 is 0 Å². The summed E-state index contributed by atoms with van der Waals surface area (Å²) in [7, 11) is 0. The molecule has 4 nitrogen and oxygen atoms in total. The van der Waals surface area contributed by atoms with Gasteiger partial charge in [-0.05, 0) is 24.2 Å². The fourth-order valence-electron chi connectivity index (χ4n) is 2.43. The Morgan fingerprint density at radius 2 is 2.11 bits per heavy atom. The standard InChI is InChI=1S/C14H18FNO3/c1-2-16(7-10-3-5-11(15)6-4-10)13-9-19-8-12(13)14(17)18/h3-6,12-13H,2,7-9H2,1H3,(H,17,18). The van der Waals surface area contributed by atoms with Crippen molar-refractivity contribution in [2.75, 3.05) is 19.8 Å². The Kier molecular flexibility index (Phi) is 4.50. The van der Waals surface area contributed by atoms with Crippen molar-refractivity contribution in [2.24, 2.45) is 5.92 Å². The molecule has 0 bridgehead atoms. The number of ether oxygens (including phenoxy) is 1. The van der Waals surface area contributed by atoms with Crippen LogP contribution in [0.4, 0.5) is 4.39 Å². The Balaban J connectivity index is 2.07. The highest BCUT2D eigenvalue weighted by atomic mass is 19.1. The van der Waals surface area contributed by atoms with Crippen LogP contribution < -0.4 is 0 Å². The molecule has 1 N–H and O–H groups in total. The molecular formula is C14H18FNO3. The zero-order chi connectivity index (χ0) is 13.8. The molecule has 19 heavy (non-hydrogen) atoms. The van der Waals surface area contributed by atoms with Gasteiger partial charge in [-0.3, -0.25) is 9.69 Å². The maximum absolute atomic E-state index is 12.9. The van der Waals surface area contributed by atoms with Crippen molar-refractivity contribution in [2.45, 2.75) is 19.5 Å². The van der Waals surface area contributed by atoms with Crippen molar-refractivity contribution in [1.82, 2.24) is 4.90 Å². The summed E-state index contributed by atoms with van der Waals surface area (Å²) in [6, 6.07) is 6.17. The minimum Gasteiger partial charge on any atom is -0.481 e. The molecule has 2 atom stereocenters. The summed E-state index contributed by atoms with van der Waals surface area (Å²) in [5.74, 6) is -1.57. The van der Waals surface area contributed by atoms with E-state index in [4.69, 9.17) is 4.74 Å². The molecule has 104 valence electrons. The van der Waals surface area contributed by atoms with Crippen LogP contribution in [0.15, 0.2) is 24.3 Å². The number of carboxylic acid groups (broad SMARTS) is 1. The molecule has 0 radical (unpaired) electrons. The van der Waals surface area contributed by atoms with E-state index in [2.05, 4.69) is 4.90 Å². The molecule has 1 aromatic rings. The molecule has 1 aliphatic heterocycles. The minimum atomic E-state index is -0.819. The highest BCUT2D eigenvalue weighted by Gasteiger charge is 2.37. The van der Waals surface area contributed by atoms with Gasteiger partial charge in [-0.2, -0.15) is 0 Å². The predicted molar refractivity (Wildman–Crippen MR) is 68.2 cm³/mol. The van der Waals surface area contributed by atoms with Gasteiger partial charge in [0.25, 0.3) is 0 Å². The molecule has 1 heterocycles. The van der Waals surface area contributed by atoms with Gasteiger partial charge in [0.1, 0.15) is 5.82 Å². The third-order valence-corrected chi connectivity index (χ3v) is 3.54. The summed E-state index contributed by atoms with van der Waals surface area (Å²) >= 11 is 0. The predicted octanol–water partition coefficient (Wildman–Crippen LogP) is 1.75. The third-order valence-electron chi connectivity index (χ3n) is 3.54. The third kappa shape index (κ3) is 3.30. The van der Waals surface area contributed by atoms with Crippen molar-refractivity contribution in [3.05, 3.63) is 35.6 Å². The van der Waals surface area contributed by atoms with Crippen LogP contribution in [0.25, 0.3) is 0 Å². The quantitative estimate of drug-likeness (QED) is 0.883. The highest BCUT2D eigenvalue weighted by molar-refractivity contribution is 5.71. The monoisotopic (exact) mass is 267 g/mol. The van der Waals surface area contributed by atoms with Gasteiger partial charge in [-0.15, -0.1) is 0 Å². The Bertz CT molecular complexity index is 435. The fourth-order valence-corrected chi connectivity index (χ4v) is 2.43. The average molecular weight is 267 g/mol. The number of benzene rings is 1. The van der Waals surface area contributed by atoms with Crippen LogP contribution in [0.1, 0.15) is 12.5 Å². The van der Waals surface area contributed by atoms with Crippen molar-refractivity contribution in [1.29, 1.82) is 0 Å². The van der Waals surface area contributed by atoms with Crippen molar-refractivity contribution in [3.63, 3.8) is 0 Å². The number of hydrogen-bond acceptors (Lipinski definition) is 3. The van der Waals surface area contributed by atoms with Gasteiger partial charge in [-0.25, -0.2) is 4.39 Å². The molecule has 5 heteroatoms. The van der Waals surface area contributed by atoms with E-state index in [0.29, 0.717) is 13.2 Å². The number of aliphatic carboxylic acids is 1. The van der Waals surface area contributed by atoms with Crippen LogP contribution in [0.5, 0.6) is 0 Å². The van der Waals surface area contributed by atoms with Crippen molar-refractivity contribution in [3.8, 4) is 0 Å². The first-order valence-electron chi connectivity index (χ1n) is 6.41. The summed E-state index contributed by atoms with van der Waals surface area (Å²) in [4.78, 5) is 13.2. The number of rotatable bonds is 5. The fraction of sp³-hybridized carbons (Fsp3) is 0.500. The first-order valence-corrected chi connectivity index (χ1v) is 6.41. The Hall–Kier alpha value is -1.46. The van der Waals surface area contributed by atoms with E-state index in [0.717, 1.165) is 12.1 Å². The van der Waals surface area contributed by atoms with Gasteiger partial charge >= 0.3 is 5.97 Å². The van der Waals surface area contributed by atoms with E-state index >= 15 is 0 Å². The second-order valence-corrected chi connectivity index (χ2v) is 4.74. The summed E-state index contributed by atoms with van der Waals surface area (Å²) in [5, 5.41) is 9.17. The molecule has 0 aliphatic carbocycles. The van der Waals surface area contributed by atoms with E-state index < -0.39 is 11.9 Å². The lowest BCUT2D eigenvalue weighted by molar-refractivity contribution is -0.143. The number of carboxylic acids is 1. The van der Waals surface area contributed by atoms with Gasteiger partial charge in [0.05, 0.1) is 19.1 Å². The highest BCUT2D eigenvalue weighted by Crippen LogP contribution is 2.22. The van der Waals surface area contributed by atoms with Gasteiger partial charge in [-0.1, -0.05) is 19.1 Å². The van der Waals surface area contributed by atoms with Crippen LogP contribution in [-0.2, 0) is 16.1 Å². The molecule has 1 saturated heterocycles. The normalized spacial score (nSPS) is 22.9. The molecule has 0 aromatic heterocycles. The van der Waals surface area contributed by atoms with Crippen LogP contribution in [0.2, 0.25) is 0 Å². The zero-order valence-electron chi connectivity index (χ0n) is 10.9. The number of hydrogen-bond donors (Lipinski definition) is 1. The zero-order valence-corrected chi connectivity index (χ0v) is 10.9. The average Bonchev–Trinajstić information content (AvgIpc) is 2.87. The molecular weight excluding hydrogens is 249 g/mol. The molecule has 1 aliphatic rings. The van der Waals surface area contributed by atoms with E-state index in [1.54, 1.807) is 12.1 Å². The van der Waals surface area contributed by atoms with Crippen LogP contribution in [0.3, 0.4) is 0 Å². The molecule has 1 fully saturated rings. The molecule has 1 aromatic carbocycles. The Morgan fingerprint density at radius 1 is 1.42 bits per heavy atom. The summed E-state index contributed by atoms with van der Waals surface area (Å²) in [6.45, 7) is 4.02. The van der Waals surface area contributed by atoms with Crippen molar-refractivity contribution >= 4 is 5.97 Å². The second-order valence-electron chi connectivity index (χ2n) is 4.74. The maximum Gasteiger partial charge on any atom is 0.310 e. The summed E-state index contributed by atoms with van der Waals surface area (Å²) < 4.78 is 18.2. The molecule has 0 amide bonds. The lowest BCUT2D eigenvalue weighted by Crippen LogP contribution is -2.42. The van der Waals surface area contributed by atoms with E-state index in [1.165, 1.54) is 12.1 Å². The molecule has 0 spiro atoms. The first-order chi connectivity index (χ1) is 9.11. The second kappa shape index (κ2) is 6.12. The van der Waals surface area contributed by atoms with Gasteiger partial charge in [0.2, 0.25) is 0 Å². The summed E-state index contributed by atoms with van der Waals surface area (Å²) in [5.41, 5.74) is 0.972.